The monoisotopic (exact) mass is 241 g/mol. The van der Waals surface area contributed by atoms with Crippen molar-refractivity contribution in [2.45, 2.75) is 17.5 Å². The summed E-state index contributed by atoms with van der Waals surface area (Å²) >= 11 is 0. The Morgan fingerprint density at radius 3 is 1.53 bits per heavy atom. The van der Waals surface area contributed by atoms with Crippen molar-refractivity contribution in [1.82, 2.24) is 0 Å². The van der Waals surface area contributed by atoms with Crippen molar-refractivity contribution in [2.24, 2.45) is 34.4 Å². The van der Waals surface area contributed by atoms with Crippen LogP contribution in [-0.4, -0.2) is 29.2 Å². The first kappa shape index (κ1) is 16.6. The molecule has 9 nitrogen and oxygen atoms in total. The minimum Gasteiger partial charge on any atom is -0.547 e. The Labute approximate surface area is 91.5 Å². The van der Waals surface area contributed by atoms with Crippen LogP contribution in [0.25, 0.3) is 0 Å². The van der Waals surface area contributed by atoms with E-state index in [1.165, 1.54) is 0 Å². The highest BCUT2D eigenvalue weighted by atomic mass is 35.5. The number of Topliss-reactive ketones (excluding diaryl/α,β-unsaturated/α-hetero) is 1. The molecule has 12 N–H and O–H groups in total. The number of nitrogens with two attached hydrogens (primary N) is 6. The zero-order valence-electron chi connectivity index (χ0n) is 7.67. The lowest BCUT2D eigenvalue weighted by molar-refractivity contribution is -0.315. The van der Waals surface area contributed by atoms with Gasteiger partial charge in [-0.25, -0.2) is 0 Å². The third-order valence-electron chi connectivity index (χ3n) is 1.73. The standard InChI is InChI=1S/C5H14N6O3.ClH/c6-2(7)1(12)4(8,9)5(10,11)3(13)14;/h2H,6-11H2,(H,13,14);1H/p-1. The Kier molecular flexibility index (Phi) is 5.33. The van der Waals surface area contributed by atoms with Crippen LogP contribution in [0.1, 0.15) is 0 Å². The maximum Gasteiger partial charge on any atom is 0.201 e. The van der Waals surface area contributed by atoms with E-state index in [1.807, 2.05) is 0 Å². The zero-order chi connectivity index (χ0) is 11.7. The van der Waals surface area contributed by atoms with Crippen LogP contribution >= 0.6 is 12.4 Å². The molecule has 0 aromatic rings. The number of carbonyl (C=O) groups excluding carboxylic acids is 2. The van der Waals surface area contributed by atoms with Gasteiger partial charge >= 0.3 is 0 Å². The fourth-order valence-electron chi connectivity index (χ4n) is 0.649. The van der Waals surface area contributed by atoms with Crippen molar-refractivity contribution in [1.29, 1.82) is 0 Å². The molecule has 0 bridgehead atoms. The van der Waals surface area contributed by atoms with Gasteiger partial charge in [0.2, 0.25) is 5.78 Å². The van der Waals surface area contributed by atoms with Gasteiger partial charge < -0.3 is 44.3 Å². The van der Waals surface area contributed by atoms with Crippen molar-refractivity contribution in [3.05, 3.63) is 0 Å². The first-order chi connectivity index (χ1) is 6.05. The van der Waals surface area contributed by atoms with Gasteiger partial charge in [-0.3, -0.25) is 4.79 Å². The van der Waals surface area contributed by atoms with E-state index in [-0.39, 0.29) is 12.4 Å². The normalized spacial score (nSPS) is 12.2. The first-order valence-corrected chi connectivity index (χ1v) is 3.47. The van der Waals surface area contributed by atoms with Crippen molar-refractivity contribution in [3.8, 4) is 0 Å². The molecule has 0 saturated carbocycles. The number of aliphatic carboxylic acids is 1. The summed E-state index contributed by atoms with van der Waals surface area (Å²) in [5.41, 5.74) is 24.9. The van der Waals surface area contributed by atoms with Gasteiger partial charge in [0.05, 0.1) is 5.97 Å². The summed E-state index contributed by atoms with van der Waals surface area (Å²) in [5.74, 6) is -3.18. The first-order valence-electron chi connectivity index (χ1n) is 3.47. The number of carboxylic acids is 1. The third kappa shape index (κ3) is 2.82. The largest absolute Gasteiger partial charge is 0.547 e. The van der Waals surface area contributed by atoms with Gasteiger partial charge in [0.1, 0.15) is 11.8 Å². The Bertz CT molecular complexity index is 265. The summed E-state index contributed by atoms with van der Waals surface area (Å²) in [4.78, 5) is 21.6. The van der Waals surface area contributed by atoms with Gasteiger partial charge in [-0.2, -0.15) is 0 Å². The smallest absolute Gasteiger partial charge is 0.201 e. The highest BCUT2D eigenvalue weighted by molar-refractivity contribution is 5.98. The van der Waals surface area contributed by atoms with Crippen LogP contribution in [0.4, 0.5) is 0 Å². The molecule has 0 saturated heterocycles. The number of hydrogen-bond donors (Lipinski definition) is 6. The van der Waals surface area contributed by atoms with E-state index in [2.05, 4.69) is 0 Å². The molecule has 0 radical (unpaired) electrons. The average Bonchev–Trinajstić information content (AvgIpc) is 2.01. The molecular formula is C5H14ClN6O3-. The van der Waals surface area contributed by atoms with Crippen molar-refractivity contribution >= 4 is 24.2 Å². The van der Waals surface area contributed by atoms with E-state index < -0.39 is 29.2 Å². The highest BCUT2D eigenvalue weighted by Gasteiger charge is 2.48. The van der Waals surface area contributed by atoms with E-state index in [1.54, 1.807) is 0 Å². The summed E-state index contributed by atoms with van der Waals surface area (Å²) in [6, 6.07) is 0. The summed E-state index contributed by atoms with van der Waals surface area (Å²) in [5, 5.41) is 10.4. The minimum atomic E-state index is -2.75. The van der Waals surface area contributed by atoms with Crippen LogP contribution in [0.2, 0.25) is 0 Å². The van der Waals surface area contributed by atoms with Gasteiger partial charge in [0.15, 0.2) is 5.66 Å². The third-order valence-corrected chi connectivity index (χ3v) is 1.73. The van der Waals surface area contributed by atoms with Gasteiger partial charge in [0, 0.05) is 0 Å². The Hall–Kier alpha value is -0.810. The van der Waals surface area contributed by atoms with Crippen LogP contribution in [-0.2, 0) is 9.59 Å². The Morgan fingerprint density at radius 2 is 1.33 bits per heavy atom. The van der Waals surface area contributed by atoms with Gasteiger partial charge in [0.25, 0.3) is 0 Å². The van der Waals surface area contributed by atoms with Crippen molar-refractivity contribution < 1.29 is 14.7 Å². The molecule has 0 aliphatic rings. The molecule has 0 aromatic carbocycles. The fourth-order valence-corrected chi connectivity index (χ4v) is 0.649. The highest BCUT2D eigenvalue weighted by Crippen LogP contribution is 2.06. The number of halogens is 1. The summed E-state index contributed by atoms with van der Waals surface area (Å²) in [6.45, 7) is 0. The molecule has 0 aliphatic carbocycles. The lowest BCUT2D eigenvalue weighted by Gasteiger charge is -2.39. The molecule has 0 rings (SSSR count). The summed E-state index contributed by atoms with van der Waals surface area (Å²) in [7, 11) is 0. The van der Waals surface area contributed by atoms with Crippen molar-refractivity contribution in [3.63, 3.8) is 0 Å². The molecule has 0 spiro atoms. The van der Waals surface area contributed by atoms with E-state index in [4.69, 9.17) is 34.4 Å². The predicted octanol–water partition coefficient (Wildman–Crippen LogP) is -5.80. The number of ketones is 1. The van der Waals surface area contributed by atoms with Crippen LogP contribution in [0, 0.1) is 0 Å². The fraction of sp³-hybridized carbons (Fsp3) is 0.600. The summed E-state index contributed by atoms with van der Waals surface area (Å²) < 4.78 is 0. The molecule has 0 fully saturated rings. The van der Waals surface area contributed by atoms with Gasteiger partial charge in [-0.1, -0.05) is 0 Å². The molecule has 90 valence electrons. The predicted molar refractivity (Wildman–Crippen MR) is 51.6 cm³/mol. The minimum absolute atomic E-state index is 0. The lowest BCUT2D eigenvalue weighted by Crippen LogP contribution is -2.86. The molecule has 15 heavy (non-hydrogen) atoms. The van der Waals surface area contributed by atoms with Crippen LogP contribution < -0.4 is 39.5 Å². The molecule has 10 heteroatoms. The second-order valence-corrected chi connectivity index (χ2v) is 2.92. The van der Waals surface area contributed by atoms with Crippen molar-refractivity contribution in [2.75, 3.05) is 0 Å². The molecule has 0 aromatic heterocycles. The Morgan fingerprint density at radius 1 is 1.00 bits per heavy atom. The van der Waals surface area contributed by atoms with Crippen LogP contribution in [0.15, 0.2) is 0 Å². The topological polar surface area (TPSA) is 213 Å². The second-order valence-electron chi connectivity index (χ2n) is 2.92. The average molecular weight is 242 g/mol. The molecule has 0 unspecified atom stereocenters. The number of carboxylic acid groups (broad SMARTS) is 1. The van der Waals surface area contributed by atoms with E-state index >= 15 is 0 Å². The van der Waals surface area contributed by atoms with Gasteiger partial charge in [-0.15, -0.1) is 12.4 Å². The maximum absolute atomic E-state index is 11.2. The van der Waals surface area contributed by atoms with Crippen LogP contribution in [0.3, 0.4) is 0 Å². The molecule has 0 atom stereocenters. The molecule has 0 heterocycles. The quantitative estimate of drug-likeness (QED) is 0.258. The summed E-state index contributed by atoms with van der Waals surface area (Å²) in [6.07, 6.45) is -1.57. The zero-order valence-corrected chi connectivity index (χ0v) is 8.49. The number of rotatable bonds is 4. The number of hydrogen-bond acceptors (Lipinski definition) is 9. The number of carbonyl (C=O) groups is 2. The van der Waals surface area contributed by atoms with E-state index in [0.29, 0.717) is 0 Å². The van der Waals surface area contributed by atoms with Gasteiger partial charge in [-0.05, 0) is 0 Å². The maximum atomic E-state index is 11.2. The lowest BCUT2D eigenvalue weighted by atomic mass is 9.90. The van der Waals surface area contributed by atoms with E-state index in [9.17, 15) is 14.7 Å². The molecule has 0 aliphatic heterocycles. The Balaban J connectivity index is 0. The van der Waals surface area contributed by atoms with Crippen LogP contribution in [0.5, 0.6) is 0 Å². The van der Waals surface area contributed by atoms with E-state index in [0.717, 1.165) is 0 Å². The molecule has 0 amide bonds. The molecular weight excluding hydrogens is 228 g/mol. The SMILES string of the molecule is Cl.NC(N)C(=O)C(N)(N)C(N)(N)C(=O)[O-]. The second kappa shape index (κ2) is 4.81.